The minimum absolute atomic E-state index is 0.697. The van der Waals surface area contributed by atoms with E-state index in [2.05, 4.69) is 30.9 Å². The highest BCUT2D eigenvalue weighted by atomic mass is 79.9. The molecule has 13 heavy (non-hydrogen) atoms. The summed E-state index contributed by atoms with van der Waals surface area (Å²) in [4.78, 5) is 11.8. The van der Waals surface area contributed by atoms with Crippen LogP contribution in [0.2, 0.25) is 0 Å². The van der Waals surface area contributed by atoms with Crippen molar-refractivity contribution in [1.82, 2.24) is 15.0 Å². The average molecular weight is 236 g/mol. The number of hydrogen-bond acceptors (Lipinski definition) is 3. The summed E-state index contributed by atoms with van der Waals surface area (Å²) in [5.41, 5.74) is 0.991. The zero-order valence-corrected chi connectivity index (χ0v) is 8.27. The van der Waals surface area contributed by atoms with E-state index in [4.69, 9.17) is 0 Å². The first kappa shape index (κ1) is 8.31. The maximum atomic E-state index is 4.04. The van der Waals surface area contributed by atoms with Gasteiger partial charge in [0.2, 0.25) is 0 Å². The van der Waals surface area contributed by atoms with E-state index in [0.717, 1.165) is 10.0 Å². The van der Waals surface area contributed by atoms with Crippen LogP contribution in [-0.4, -0.2) is 15.0 Å². The molecular formula is C9H6BrN3. The van der Waals surface area contributed by atoms with Gasteiger partial charge in [0, 0.05) is 10.0 Å². The van der Waals surface area contributed by atoms with Crippen molar-refractivity contribution in [3.8, 4) is 11.4 Å². The third-order valence-corrected chi connectivity index (χ3v) is 2.12. The normalized spacial score (nSPS) is 9.92. The minimum atomic E-state index is 0.697. The van der Waals surface area contributed by atoms with Gasteiger partial charge in [-0.3, -0.25) is 0 Å². The van der Waals surface area contributed by atoms with Crippen LogP contribution in [0.25, 0.3) is 11.4 Å². The first-order chi connectivity index (χ1) is 6.36. The first-order valence-electron chi connectivity index (χ1n) is 3.74. The molecule has 0 N–H and O–H groups in total. The van der Waals surface area contributed by atoms with Crippen molar-refractivity contribution in [2.75, 3.05) is 0 Å². The van der Waals surface area contributed by atoms with E-state index in [1.807, 2.05) is 24.3 Å². The van der Waals surface area contributed by atoms with E-state index in [-0.39, 0.29) is 0 Å². The molecule has 0 aliphatic rings. The average Bonchev–Trinajstić information content (AvgIpc) is 2.20. The van der Waals surface area contributed by atoms with Crippen molar-refractivity contribution < 1.29 is 0 Å². The Balaban J connectivity index is 2.42. The summed E-state index contributed by atoms with van der Waals surface area (Å²) >= 11 is 3.36. The number of halogens is 1. The van der Waals surface area contributed by atoms with Crippen LogP contribution in [0.4, 0.5) is 0 Å². The lowest BCUT2D eigenvalue weighted by molar-refractivity contribution is 1.06. The molecule has 0 saturated carbocycles. The third-order valence-electron chi connectivity index (χ3n) is 1.60. The monoisotopic (exact) mass is 235 g/mol. The maximum Gasteiger partial charge on any atom is 0.162 e. The van der Waals surface area contributed by atoms with Crippen LogP contribution in [0.3, 0.4) is 0 Å². The Morgan fingerprint density at radius 3 is 2.15 bits per heavy atom. The Morgan fingerprint density at radius 2 is 1.54 bits per heavy atom. The van der Waals surface area contributed by atoms with Gasteiger partial charge < -0.3 is 0 Å². The van der Waals surface area contributed by atoms with Crippen molar-refractivity contribution in [1.29, 1.82) is 0 Å². The van der Waals surface area contributed by atoms with E-state index >= 15 is 0 Å². The highest BCUT2D eigenvalue weighted by Gasteiger charge is 1.98. The minimum Gasteiger partial charge on any atom is -0.225 e. The Morgan fingerprint density at radius 1 is 0.923 bits per heavy atom. The summed E-state index contributed by atoms with van der Waals surface area (Å²) < 4.78 is 1.05. The second-order valence-electron chi connectivity index (χ2n) is 2.47. The molecule has 0 saturated heterocycles. The van der Waals surface area contributed by atoms with Gasteiger partial charge in [-0.25, -0.2) is 15.0 Å². The lowest BCUT2D eigenvalue weighted by Crippen LogP contribution is -1.87. The highest BCUT2D eigenvalue weighted by Crippen LogP contribution is 2.16. The van der Waals surface area contributed by atoms with Crippen LogP contribution in [-0.2, 0) is 0 Å². The predicted octanol–water partition coefficient (Wildman–Crippen LogP) is 2.30. The smallest absolute Gasteiger partial charge is 0.162 e. The molecule has 0 atom stereocenters. The summed E-state index contributed by atoms with van der Waals surface area (Å²) in [5.74, 6) is 0.697. The molecule has 0 aliphatic carbocycles. The van der Waals surface area contributed by atoms with Crippen LogP contribution < -0.4 is 0 Å². The van der Waals surface area contributed by atoms with E-state index in [1.165, 1.54) is 12.7 Å². The highest BCUT2D eigenvalue weighted by molar-refractivity contribution is 9.10. The largest absolute Gasteiger partial charge is 0.225 e. The topological polar surface area (TPSA) is 38.7 Å². The van der Waals surface area contributed by atoms with Crippen LogP contribution in [0.15, 0.2) is 41.4 Å². The molecule has 0 fully saturated rings. The number of nitrogens with zero attached hydrogens (tertiary/aromatic N) is 3. The molecule has 1 aromatic heterocycles. The zero-order valence-electron chi connectivity index (χ0n) is 6.68. The van der Waals surface area contributed by atoms with E-state index in [9.17, 15) is 0 Å². The van der Waals surface area contributed by atoms with Gasteiger partial charge >= 0.3 is 0 Å². The summed E-state index contributed by atoms with van der Waals surface area (Å²) in [6.07, 6.45) is 2.98. The SMILES string of the molecule is Brc1ccc(-c2ncncn2)cc1. The standard InChI is InChI=1S/C9H6BrN3/c10-8-3-1-7(2-4-8)9-12-5-11-6-13-9/h1-6H. The van der Waals surface area contributed by atoms with Crippen LogP contribution in [0.5, 0.6) is 0 Å². The van der Waals surface area contributed by atoms with Crippen molar-refractivity contribution >= 4 is 15.9 Å². The molecular weight excluding hydrogens is 230 g/mol. The first-order valence-corrected chi connectivity index (χ1v) is 4.53. The van der Waals surface area contributed by atoms with Gasteiger partial charge in [-0.2, -0.15) is 0 Å². The van der Waals surface area contributed by atoms with Crippen molar-refractivity contribution in [3.05, 3.63) is 41.4 Å². The summed E-state index contributed by atoms with van der Waals surface area (Å²) in [6, 6.07) is 7.83. The zero-order chi connectivity index (χ0) is 9.10. The predicted molar refractivity (Wildman–Crippen MR) is 53.0 cm³/mol. The second-order valence-corrected chi connectivity index (χ2v) is 3.38. The molecule has 0 bridgehead atoms. The van der Waals surface area contributed by atoms with Gasteiger partial charge in [0.05, 0.1) is 0 Å². The molecule has 64 valence electrons. The molecule has 2 rings (SSSR count). The van der Waals surface area contributed by atoms with Crippen LogP contribution in [0, 0.1) is 0 Å². The molecule has 0 unspecified atom stereocenters. The molecule has 1 aromatic carbocycles. The fraction of sp³-hybridized carbons (Fsp3) is 0. The molecule has 4 heteroatoms. The second kappa shape index (κ2) is 3.62. The number of aromatic nitrogens is 3. The van der Waals surface area contributed by atoms with Gasteiger partial charge in [-0.1, -0.05) is 28.1 Å². The molecule has 0 radical (unpaired) electrons. The maximum absolute atomic E-state index is 4.04. The molecule has 2 aromatic rings. The van der Waals surface area contributed by atoms with Gasteiger partial charge in [0.1, 0.15) is 12.7 Å². The molecule has 3 nitrogen and oxygen atoms in total. The van der Waals surface area contributed by atoms with Crippen molar-refractivity contribution in [3.63, 3.8) is 0 Å². The van der Waals surface area contributed by atoms with Crippen molar-refractivity contribution in [2.24, 2.45) is 0 Å². The summed E-state index contributed by atoms with van der Waals surface area (Å²) in [5, 5.41) is 0. The molecule has 0 aliphatic heterocycles. The third kappa shape index (κ3) is 1.89. The molecule has 1 heterocycles. The van der Waals surface area contributed by atoms with Crippen molar-refractivity contribution in [2.45, 2.75) is 0 Å². The van der Waals surface area contributed by atoms with Crippen LogP contribution in [0.1, 0.15) is 0 Å². The fourth-order valence-corrected chi connectivity index (χ4v) is 1.25. The Hall–Kier alpha value is -1.29. The summed E-state index contributed by atoms with van der Waals surface area (Å²) in [6.45, 7) is 0. The van der Waals surface area contributed by atoms with Gasteiger partial charge in [0.15, 0.2) is 5.82 Å². The molecule has 0 spiro atoms. The number of rotatable bonds is 1. The van der Waals surface area contributed by atoms with Gasteiger partial charge in [-0.05, 0) is 12.1 Å². The Labute approximate surface area is 84.0 Å². The lowest BCUT2D eigenvalue weighted by atomic mass is 10.2. The van der Waals surface area contributed by atoms with E-state index in [1.54, 1.807) is 0 Å². The number of benzene rings is 1. The van der Waals surface area contributed by atoms with E-state index in [0.29, 0.717) is 5.82 Å². The van der Waals surface area contributed by atoms with Gasteiger partial charge in [-0.15, -0.1) is 0 Å². The lowest BCUT2D eigenvalue weighted by Gasteiger charge is -1.97. The van der Waals surface area contributed by atoms with Crippen LogP contribution >= 0.6 is 15.9 Å². The Kier molecular flexibility index (Phi) is 2.31. The Bertz CT molecular complexity index is 385. The van der Waals surface area contributed by atoms with E-state index < -0.39 is 0 Å². The fourth-order valence-electron chi connectivity index (χ4n) is 0.987. The quantitative estimate of drug-likeness (QED) is 0.762. The number of hydrogen-bond donors (Lipinski definition) is 0. The molecule has 0 amide bonds. The van der Waals surface area contributed by atoms with Gasteiger partial charge in [0.25, 0.3) is 0 Å². The summed E-state index contributed by atoms with van der Waals surface area (Å²) in [7, 11) is 0.